The van der Waals surface area contributed by atoms with Crippen LogP contribution in [0.2, 0.25) is 0 Å². The van der Waals surface area contributed by atoms with E-state index in [1.54, 1.807) is 7.11 Å². The van der Waals surface area contributed by atoms with E-state index in [2.05, 4.69) is 115 Å². The van der Waals surface area contributed by atoms with Gasteiger partial charge < -0.3 is 24.2 Å². The number of esters is 1. The standard InChI is InChI=1S/C11H23N.C11H16.C10H21N.C9H19N.C7H14O2.C6H14O/c1-11(2)7-6-10-12-8-4-3-5-9-12;1-9(2)8-11-6-4-10(3)5-7-11;1-10(2)6-9-11-7-4-3-5-8-11;1-9(2)5-8-10-6-3-4-7-10;1-4-9-7(8)5-6(2)3;1-6(2)4-5-7-3/h11H,3-10H2,1-2H3;4-7,9H,8H2,1-3H3;10H,3-9H2,1-2H3;9H,3-8H2,1-2H3;6H,4-5H2,1-3H3;6H,4-5H2,1-3H3. The molecule has 0 aromatic heterocycles. The van der Waals surface area contributed by atoms with Gasteiger partial charge in [-0.3, -0.25) is 4.79 Å². The second kappa shape index (κ2) is 41.5. The Labute approximate surface area is 377 Å². The zero-order valence-corrected chi connectivity index (χ0v) is 43.2. The van der Waals surface area contributed by atoms with E-state index in [-0.39, 0.29) is 5.97 Å². The van der Waals surface area contributed by atoms with E-state index in [1.807, 2.05) is 20.8 Å². The quantitative estimate of drug-likeness (QED) is 0.137. The summed E-state index contributed by atoms with van der Waals surface area (Å²) < 4.78 is 9.57. The van der Waals surface area contributed by atoms with Gasteiger partial charge in [-0.2, -0.15) is 0 Å². The number of piperidine rings is 2. The van der Waals surface area contributed by atoms with Crippen LogP contribution in [-0.2, 0) is 20.7 Å². The van der Waals surface area contributed by atoms with Crippen LogP contribution in [0.4, 0.5) is 0 Å². The van der Waals surface area contributed by atoms with Crippen LogP contribution in [-0.4, -0.2) is 99.9 Å². The minimum Gasteiger partial charge on any atom is -0.466 e. The van der Waals surface area contributed by atoms with Gasteiger partial charge in [0, 0.05) is 20.1 Å². The summed E-state index contributed by atoms with van der Waals surface area (Å²) in [5.41, 5.74) is 2.79. The number of hydrogen-bond acceptors (Lipinski definition) is 6. The van der Waals surface area contributed by atoms with Crippen molar-refractivity contribution in [3.63, 3.8) is 0 Å². The van der Waals surface area contributed by atoms with Gasteiger partial charge in [-0.15, -0.1) is 0 Å². The van der Waals surface area contributed by atoms with Gasteiger partial charge in [-0.05, 0) is 191 Å². The first-order chi connectivity index (χ1) is 28.5. The third-order valence-electron chi connectivity index (χ3n) is 10.9. The fraction of sp³-hybridized carbons (Fsp3) is 0.870. The number of carbonyl (C=O) groups is 1. The van der Waals surface area contributed by atoms with Gasteiger partial charge in [0.25, 0.3) is 0 Å². The zero-order chi connectivity index (χ0) is 45.6. The molecule has 3 aliphatic heterocycles. The predicted octanol–water partition coefficient (Wildman–Crippen LogP) is 14.0. The summed E-state index contributed by atoms with van der Waals surface area (Å²) in [5, 5.41) is 0. The van der Waals surface area contributed by atoms with E-state index in [1.165, 1.54) is 160 Å². The molecule has 0 saturated carbocycles. The summed E-state index contributed by atoms with van der Waals surface area (Å²) in [7, 11) is 1.74. The number of aryl methyl sites for hydroxylation is 1. The highest BCUT2D eigenvalue weighted by Gasteiger charge is 2.12. The Kier molecular flexibility index (Phi) is 42.0. The van der Waals surface area contributed by atoms with Crippen molar-refractivity contribution in [1.29, 1.82) is 0 Å². The SMILES string of the molecule is CC(C)CCCN1CCCCC1.CC(C)CCN1CCCC1.CC(C)CCN1CCCCC1.CCOC(=O)CC(C)C.COCCC(C)C.Cc1ccc(CC(C)C)cc1. The average molecular weight is 846 g/mol. The molecular weight excluding hydrogens is 739 g/mol. The molecule has 0 bridgehead atoms. The monoisotopic (exact) mass is 846 g/mol. The van der Waals surface area contributed by atoms with E-state index in [0.717, 1.165) is 36.2 Å². The first kappa shape index (κ1) is 60.6. The van der Waals surface area contributed by atoms with Gasteiger partial charge in [0.15, 0.2) is 0 Å². The number of rotatable bonds is 18. The van der Waals surface area contributed by atoms with Crippen molar-refractivity contribution in [1.82, 2.24) is 14.7 Å². The van der Waals surface area contributed by atoms with Gasteiger partial charge in [-0.25, -0.2) is 0 Å². The van der Waals surface area contributed by atoms with Gasteiger partial charge in [0.05, 0.1) is 6.61 Å². The van der Waals surface area contributed by atoms with Gasteiger partial charge >= 0.3 is 5.97 Å². The normalized spacial score (nSPS) is 15.9. The number of carbonyl (C=O) groups excluding carboxylic acids is 1. The van der Waals surface area contributed by atoms with Crippen molar-refractivity contribution >= 4 is 5.97 Å². The van der Waals surface area contributed by atoms with Crippen molar-refractivity contribution in [2.45, 2.75) is 193 Å². The van der Waals surface area contributed by atoms with E-state index in [9.17, 15) is 4.79 Å². The molecule has 1 aromatic carbocycles. The fourth-order valence-corrected chi connectivity index (χ4v) is 7.08. The predicted molar refractivity (Wildman–Crippen MR) is 266 cm³/mol. The Hall–Kier alpha value is -1.47. The average Bonchev–Trinajstić information content (AvgIpc) is 3.72. The highest BCUT2D eigenvalue weighted by atomic mass is 16.5. The molecule has 60 heavy (non-hydrogen) atoms. The van der Waals surface area contributed by atoms with Crippen LogP contribution in [0.5, 0.6) is 0 Å². The van der Waals surface area contributed by atoms with Gasteiger partial charge in [-0.1, -0.05) is 126 Å². The molecule has 356 valence electrons. The highest BCUT2D eigenvalue weighted by Crippen LogP contribution is 2.13. The van der Waals surface area contributed by atoms with Crippen molar-refractivity contribution in [2.75, 3.05) is 79.2 Å². The van der Waals surface area contributed by atoms with Crippen LogP contribution < -0.4 is 0 Å². The number of benzene rings is 1. The van der Waals surface area contributed by atoms with Crippen LogP contribution in [0, 0.1) is 42.4 Å². The molecule has 1 aromatic rings. The van der Waals surface area contributed by atoms with Crippen molar-refractivity contribution in [3.05, 3.63) is 35.4 Å². The van der Waals surface area contributed by atoms with E-state index < -0.39 is 0 Å². The molecule has 0 radical (unpaired) electrons. The van der Waals surface area contributed by atoms with Crippen LogP contribution in [0.25, 0.3) is 0 Å². The maximum atomic E-state index is 10.6. The molecule has 3 aliphatic rings. The molecule has 0 N–H and O–H groups in total. The lowest BCUT2D eigenvalue weighted by atomic mass is 10.0. The maximum absolute atomic E-state index is 10.6. The lowest BCUT2D eigenvalue weighted by molar-refractivity contribution is -0.143. The second-order valence-corrected chi connectivity index (χ2v) is 20.4. The zero-order valence-electron chi connectivity index (χ0n) is 43.2. The smallest absolute Gasteiger partial charge is 0.306 e. The molecule has 0 amide bonds. The van der Waals surface area contributed by atoms with Crippen LogP contribution in [0.1, 0.15) is 191 Å². The largest absolute Gasteiger partial charge is 0.466 e. The molecule has 3 saturated heterocycles. The Balaban J connectivity index is 0. The summed E-state index contributed by atoms with van der Waals surface area (Å²) in [6.45, 7) is 44.2. The maximum Gasteiger partial charge on any atom is 0.306 e. The van der Waals surface area contributed by atoms with Crippen molar-refractivity contribution < 1.29 is 14.3 Å². The Morgan fingerprint density at radius 2 is 0.933 bits per heavy atom. The topological polar surface area (TPSA) is 45.2 Å². The summed E-state index contributed by atoms with van der Waals surface area (Å²) in [6, 6.07) is 8.79. The Morgan fingerprint density at radius 3 is 1.27 bits per heavy atom. The highest BCUT2D eigenvalue weighted by molar-refractivity contribution is 5.69. The lowest BCUT2D eigenvalue weighted by Crippen LogP contribution is -2.31. The second-order valence-electron chi connectivity index (χ2n) is 20.4. The van der Waals surface area contributed by atoms with E-state index in [4.69, 9.17) is 9.47 Å². The molecule has 3 heterocycles. The lowest BCUT2D eigenvalue weighted by Gasteiger charge is -2.26. The minimum absolute atomic E-state index is 0.0903. The summed E-state index contributed by atoms with van der Waals surface area (Å²) >= 11 is 0. The summed E-state index contributed by atoms with van der Waals surface area (Å²) in [5.74, 6) is 4.49. The number of hydrogen-bond donors (Lipinski definition) is 0. The molecule has 6 nitrogen and oxygen atoms in total. The van der Waals surface area contributed by atoms with E-state index in [0.29, 0.717) is 18.9 Å². The minimum atomic E-state index is -0.0903. The molecule has 6 heteroatoms. The number of nitrogens with zero attached hydrogens (tertiary/aromatic N) is 3. The molecule has 0 atom stereocenters. The van der Waals surface area contributed by atoms with Crippen molar-refractivity contribution in [3.8, 4) is 0 Å². The molecular formula is C54H107N3O3. The van der Waals surface area contributed by atoms with E-state index >= 15 is 0 Å². The molecule has 0 spiro atoms. The van der Waals surface area contributed by atoms with Crippen LogP contribution in [0.3, 0.4) is 0 Å². The fourth-order valence-electron chi connectivity index (χ4n) is 7.08. The van der Waals surface area contributed by atoms with Crippen LogP contribution in [0.15, 0.2) is 24.3 Å². The number of methoxy groups -OCH3 is 1. The van der Waals surface area contributed by atoms with Gasteiger partial charge in [0.2, 0.25) is 0 Å². The molecule has 3 fully saturated rings. The third kappa shape index (κ3) is 44.6. The number of ether oxygens (including phenoxy) is 2. The van der Waals surface area contributed by atoms with Crippen molar-refractivity contribution in [2.24, 2.45) is 35.5 Å². The van der Waals surface area contributed by atoms with Gasteiger partial charge in [0.1, 0.15) is 0 Å². The first-order valence-corrected chi connectivity index (χ1v) is 25.4. The number of likely N-dealkylation sites (tertiary alicyclic amines) is 3. The van der Waals surface area contributed by atoms with Crippen LogP contribution >= 0.6 is 0 Å². The summed E-state index contributed by atoms with van der Waals surface area (Å²) in [6.07, 6.45) is 20.0. The Morgan fingerprint density at radius 1 is 0.533 bits per heavy atom. The first-order valence-electron chi connectivity index (χ1n) is 25.4. The summed E-state index contributed by atoms with van der Waals surface area (Å²) in [4.78, 5) is 18.5. The Bertz CT molecular complexity index is 1020. The molecule has 4 rings (SSSR count). The molecule has 0 unspecified atom stereocenters. The third-order valence-corrected chi connectivity index (χ3v) is 10.9. The molecule has 0 aliphatic carbocycles.